The summed E-state index contributed by atoms with van der Waals surface area (Å²) in [7, 11) is 0. The number of ether oxygens (including phenoxy) is 1. The molecule has 0 aliphatic carbocycles. The molecule has 0 saturated carbocycles. The van der Waals surface area contributed by atoms with Gasteiger partial charge in [-0.1, -0.05) is 12.1 Å². The molecule has 1 N–H and O–H groups in total. The predicted molar refractivity (Wildman–Crippen MR) is 62.0 cm³/mol. The van der Waals surface area contributed by atoms with Crippen molar-refractivity contribution in [1.29, 1.82) is 5.26 Å². The van der Waals surface area contributed by atoms with E-state index in [2.05, 4.69) is 6.07 Å². The first kappa shape index (κ1) is 12.5. The molecule has 0 aromatic heterocycles. The number of aliphatic hydroxyl groups excluding tert-OH is 1. The Morgan fingerprint density at radius 3 is 2.75 bits per heavy atom. The van der Waals surface area contributed by atoms with Crippen molar-refractivity contribution >= 4 is 0 Å². The summed E-state index contributed by atoms with van der Waals surface area (Å²) in [6.07, 6.45) is -0.807. The summed E-state index contributed by atoms with van der Waals surface area (Å²) < 4.78 is 5.35. The van der Waals surface area contributed by atoms with Gasteiger partial charge in [-0.05, 0) is 38.5 Å². The molecular formula is C13H17NO2. The second-order valence-corrected chi connectivity index (χ2v) is 4.24. The van der Waals surface area contributed by atoms with Crippen molar-refractivity contribution in [1.82, 2.24) is 0 Å². The lowest BCUT2D eigenvalue weighted by molar-refractivity contribution is 0.0865. The lowest BCUT2D eigenvalue weighted by atomic mass is 9.84. The van der Waals surface area contributed by atoms with Crippen LogP contribution < -0.4 is 4.74 Å². The smallest absolute Gasteiger partial charge is 0.119 e. The predicted octanol–water partition coefficient (Wildman–Crippen LogP) is 2.67. The number of nitrogens with zero attached hydrogens (tertiary/aromatic N) is 1. The van der Waals surface area contributed by atoms with Crippen LogP contribution in [0.15, 0.2) is 24.3 Å². The first-order valence-corrected chi connectivity index (χ1v) is 5.33. The van der Waals surface area contributed by atoms with Crippen LogP contribution in [0, 0.1) is 16.7 Å². The van der Waals surface area contributed by atoms with Crippen molar-refractivity contribution in [2.45, 2.75) is 26.9 Å². The highest BCUT2D eigenvalue weighted by Gasteiger charge is 2.29. The van der Waals surface area contributed by atoms with Gasteiger partial charge in [0.1, 0.15) is 5.75 Å². The van der Waals surface area contributed by atoms with E-state index in [0.717, 1.165) is 0 Å². The van der Waals surface area contributed by atoms with E-state index in [0.29, 0.717) is 17.9 Å². The van der Waals surface area contributed by atoms with Crippen molar-refractivity contribution in [2.24, 2.45) is 5.41 Å². The average Bonchev–Trinajstić information content (AvgIpc) is 2.29. The maximum atomic E-state index is 10.1. The van der Waals surface area contributed by atoms with E-state index in [1.165, 1.54) is 0 Å². The van der Waals surface area contributed by atoms with E-state index >= 15 is 0 Å². The third-order valence-electron chi connectivity index (χ3n) is 2.46. The van der Waals surface area contributed by atoms with Gasteiger partial charge in [0.05, 0.1) is 24.2 Å². The van der Waals surface area contributed by atoms with Gasteiger partial charge in [0, 0.05) is 0 Å². The van der Waals surface area contributed by atoms with Crippen LogP contribution in [0.5, 0.6) is 5.75 Å². The number of rotatable bonds is 4. The van der Waals surface area contributed by atoms with Crippen LogP contribution in [0.3, 0.4) is 0 Å². The molecule has 0 fully saturated rings. The van der Waals surface area contributed by atoms with Crippen molar-refractivity contribution in [3.63, 3.8) is 0 Å². The SMILES string of the molecule is CCOc1cccc(C(O)C(C)(C)C#N)c1. The molecule has 0 saturated heterocycles. The first-order valence-electron chi connectivity index (χ1n) is 5.33. The molecular weight excluding hydrogens is 202 g/mol. The number of nitriles is 1. The van der Waals surface area contributed by atoms with Crippen LogP contribution in [-0.2, 0) is 0 Å². The fourth-order valence-electron chi connectivity index (χ4n) is 1.42. The maximum absolute atomic E-state index is 10.1. The van der Waals surface area contributed by atoms with Gasteiger partial charge in [-0.25, -0.2) is 0 Å². The number of benzene rings is 1. The average molecular weight is 219 g/mol. The summed E-state index contributed by atoms with van der Waals surface area (Å²) in [5.41, 5.74) is -0.0947. The van der Waals surface area contributed by atoms with Gasteiger partial charge >= 0.3 is 0 Å². The molecule has 0 radical (unpaired) electrons. The molecule has 0 spiro atoms. The molecule has 1 atom stereocenters. The van der Waals surface area contributed by atoms with E-state index in [1.54, 1.807) is 26.0 Å². The molecule has 1 aromatic carbocycles. The first-order chi connectivity index (χ1) is 7.51. The topological polar surface area (TPSA) is 53.2 Å². The minimum absolute atomic E-state index is 0.585. The third kappa shape index (κ3) is 2.74. The Morgan fingerprint density at radius 1 is 1.50 bits per heavy atom. The Morgan fingerprint density at radius 2 is 2.19 bits per heavy atom. The molecule has 1 rings (SSSR count). The van der Waals surface area contributed by atoms with Gasteiger partial charge in [0.15, 0.2) is 0 Å². The summed E-state index contributed by atoms with van der Waals surface area (Å²) >= 11 is 0. The van der Waals surface area contributed by atoms with Crippen LogP contribution in [-0.4, -0.2) is 11.7 Å². The van der Waals surface area contributed by atoms with Crippen LogP contribution in [0.1, 0.15) is 32.4 Å². The largest absolute Gasteiger partial charge is 0.494 e. The monoisotopic (exact) mass is 219 g/mol. The van der Waals surface area contributed by atoms with E-state index in [4.69, 9.17) is 10.00 Å². The van der Waals surface area contributed by atoms with Crippen LogP contribution >= 0.6 is 0 Å². The van der Waals surface area contributed by atoms with Gasteiger partial charge in [0.2, 0.25) is 0 Å². The highest BCUT2D eigenvalue weighted by Crippen LogP contribution is 2.33. The van der Waals surface area contributed by atoms with Crippen molar-refractivity contribution < 1.29 is 9.84 Å². The Labute approximate surface area is 96.3 Å². The zero-order chi connectivity index (χ0) is 12.2. The molecule has 3 heteroatoms. The van der Waals surface area contributed by atoms with E-state index < -0.39 is 11.5 Å². The summed E-state index contributed by atoms with van der Waals surface area (Å²) in [5, 5.41) is 19.0. The van der Waals surface area contributed by atoms with Gasteiger partial charge < -0.3 is 9.84 Å². The Kier molecular flexibility index (Phi) is 3.92. The normalized spacial score (nSPS) is 12.9. The minimum atomic E-state index is -0.807. The fraction of sp³-hybridized carbons (Fsp3) is 0.462. The molecule has 0 heterocycles. The van der Waals surface area contributed by atoms with Crippen molar-refractivity contribution in [3.05, 3.63) is 29.8 Å². The van der Waals surface area contributed by atoms with Gasteiger partial charge in [0.25, 0.3) is 0 Å². The van der Waals surface area contributed by atoms with Gasteiger partial charge in [-0.2, -0.15) is 5.26 Å². The minimum Gasteiger partial charge on any atom is -0.494 e. The van der Waals surface area contributed by atoms with E-state index in [1.807, 2.05) is 19.1 Å². The highest BCUT2D eigenvalue weighted by atomic mass is 16.5. The van der Waals surface area contributed by atoms with Crippen molar-refractivity contribution in [2.75, 3.05) is 6.61 Å². The lowest BCUT2D eigenvalue weighted by Crippen LogP contribution is -2.19. The summed E-state index contributed by atoms with van der Waals surface area (Å²) in [6, 6.07) is 9.32. The molecule has 86 valence electrons. The number of hydrogen-bond acceptors (Lipinski definition) is 3. The number of hydrogen-bond donors (Lipinski definition) is 1. The quantitative estimate of drug-likeness (QED) is 0.847. The standard InChI is InChI=1S/C13H17NO2/c1-4-16-11-7-5-6-10(8-11)12(15)13(2,3)9-14/h5-8,12,15H,4H2,1-3H3. The molecule has 16 heavy (non-hydrogen) atoms. The summed E-state index contributed by atoms with van der Waals surface area (Å²) in [6.45, 7) is 5.92. The summed E-state index contributed by atoms with van der Waals surface area (Å²) in [4.78, 5) is 0. The van der Waals surface area contributed by atoms with Crippen LogP contribution in [0.25, 0.3) is 0 Å². The number of aliphatic hydroxyl groups is 1. The Hall–Kier alpha value is -1.53. The third-order valence-corrected chi connectivity index (χ3v) is 2.46. The second kappa shape index (κ2) is 5.00. The van der Waals surface area contributed by atoms with Gasteiger partial charge in [-0.15, -0.1) is 0 Å². The molecule has 1 aromatic rings. The lowest BCUT2D eigenvalue weighted by Gasteiger charge is -2.23. The molecule has 0 bridgehead atoms. The molecule has 3 nitrogen and oxygen atoms in total. The fourth-order valence-corrected chi connectivity index (χ4v) is 1.42. The van der Waals surface area contributed by atoms with Gasteiger partial charge in [-0.3, -0.25) is 0 Å². The highest BCUT2D eigenvalue weighted by molar-refractivity contribution is 5.31. The van der Waals surface area contributed by atoms with Crippen LogP contribution in [0.2, 0.25) is 0 Å². The zero-order valence-electron chi connectivity index (χ0n) is 9.90. The Balaban J connectivity index is 2.96. The molecule has 0 aliphatic heterocycles. The molecule has 0 amide bonds. The second-order valence-electron chi connectivity index (χ2n) is 4.24. The van der Waals surface area contributed by atoms with Crippen molar-refractivity contribution in [3.8, 4) is 11.8 Å². The molecule has 0 aliphatic rings. The maximum Gasteiger partial charge on any atom is 0.119 e. The van der Waals surface area contributed by atoms with Crippen LogP contribution in [0.4, 0.5) is 0 Å². The Bertz CT molecular complexity index is 393. The zero-order valence-corrected chi connectivity index (χ0v) is 9.90. The van der Waals surface area contributed by atoms with E-state index in [9.17, 15) is 5.11 Å². The van der Waals surface area contributed by atoms with E-state index in [-0.39, 0.29) is 0 Å². The summed E-state index contributed by atoms with van der Waals surface area (Å²) in [5.74, 6) is 0.716. The molecule has 1 unspecified atom stereocenters.